The summed E-state index contributed by atoms with van der Waals surface area (Å²) in [7, 11) is 0. The molecule has 15 heteroatoms. The molecule has 2 amide bonds. The van der Waals surface area contributed by atoms with Crippen LogP contribution < -0.4 is 9.80 Å². The molecule has 0 bridgehead atoms. The van der Waals surface area contributed by atoms with Crippen molar-refractivity contribution in [1.29, 1.82) is 0 Å². The summed E-state index contributed by atoms with van der Waals surface area (Å²) in [6.07, 6.45) is 0. The maximum absolute atomic E-state index is 14.3. The first-order chi connectivity index (χ1) is 25.8. The molecule has 2 fully saturated rings. The Balaban J connectivity index is 1.00. The van der Waals surface area contributed by atoms with E-state index in [0.29, 0.717) is 52.4 Å². The third-order valence-corrected chi connectivity index (χ3v) is 10.3. The number of amides is 2. The first kappa shape index (κ1) is 37.5. The number of carbonyl (C=O) groups is 3. The summed E-state index contributed by atoms with van der Waals surface area (Å²) < 4.78 is 28.7. The minimum atomic E-state index is -0.803. The monoisotopic (exact) mass is 740 g/mol. The molecule has 0 saturated carbocycles. The van der Waals surface area contributed by atoms with E-state index in [1.54, 1.807) is 0 Å². The molecule has 13 nitrogen and oxygen atoms in total. The van der Waals surface area contributed by atoms with Crippen LogP contribution in [0.2, 0.25) is 0 Å². The molecule has 0 aromatic heterocycles. The van der Waals surface area contributed by atoms with Crippen LogP contribution in [0.15, 0.2) is 84.9 Å². The van der Waals surface area contributed by atoms with Crippen molar-refractivity contribution in [2.45, 2.75) is 25.7 Å². The molecule has 4 aromatic carbocycles. The molecular weight excluding hydrogens is 702 g/mol. The van der Waals surface area contributed by atoms with Crippen molar-refractivity contribution in [1.82, 2.24) is 9.80 Å². The molecule has 0 radical (unpaired) electrons. The molecule has 2 atom stereocenters. The number of hydrogen-bond donors (Lipinski definition) is 0. The number of benzene rings is 4. The van der Waals surface area contributed by atoms with Crippen molar-refractivity contribution in [3.8, 4) is 0 Å². The summed E-state index contributed by atoms with van der Waals surface area (Å²) in [4.78, 5) is 67.5. The molecule has 2 unspecified atom stereocenters. The minimum absolute atomic E-state index is 0.0523. The van der Waals surface area contributed by atoms with Gasteiger partial charge in [-0.2, -0.15) is 0 Å². The highest BCUT2D eigenvalue weighted by molar-refractivity contribution is 5.96. The van der Waals surface area contributed by atoms with Gasteiger partial charge in [-0.25, -0.2) is 8.78 Å². The Morgan fingerprint density at radius 1 is 0.556 bits per heavy atom. The highest BCUT2D eigenvalue weighted by atomic mass is 19.1. The molecule has 280 valence electrons. The van der Waals surface area contributed by atoms with E-state index >= 15 is 0 Å². The lowest BCUT2D eigenvalue weighted by Gasteiger charge is -2.36. The van der Waals surface area contributed by atoms with Crippen LogP contribution in [-0.4, -0.2) is 89.6 Å². The van der Waals surface area contributed by atoms with Crippen molar-refractivity contribution in [3.05, 3.63) is 139 Å². The Kier molecular flexibility index (Phi) is 11.0. The molecule has 0 N–H and O–H groups in total. The van der Waals surface area contributed by atoms with Gasteiger partial charge in [0, 0.05) is 99.8 Å². The highest BCUT2D eigenvalue weighted by Crippen LogP contribution is 2.30. The van der Waals surface area contributed by atoms with Crippen LogP contribution in [0.3, 0.4) is 0 Å². The molecule has 54 heavy (non-hydrogen) atoms. The quantitative estimate of drug-likeness (QED) is 0.137. The van der Waals surface area contributed by atoms with Crippen LogP contribution in [0.4, 0.5) is 31.5 Å². The number of non-ortho nitro benzene ring substituents is 2. The van der Waals surface area contributed by atoms with Gasteiger partial charge in [0.2, 0.25) is 0 Å². The van der Waals surface area contributed by atoms with E-state index in [9.17, 15) is 43.4 Å². The van der Waals surface area contributed by atoms with Crippen LogP contribution in [0.1, 0.15) is 57.5 Å². The molecule has 4 aromatic rings. The van der Waals surface area contributed by atoms with Crippen LogP contribution in [0, 0.1) is 31.9 Å². The highest BCUT2D eigenvalue weighted by Gasteiger charge is 2.29. The lowest BCUT2D eigenvalue weighted by Crippen LogP contribution is -2.49. The third-order valence-electron chi connectivity index (χ3n) is 10.3. The van der Waals surface area contributed by atoms with Gasteiger partial charge in [0.15, 0.2) is 0 Å². The predicted octanol–water partition coefficient (Wildman–Crippen LogP) is 6.18. The number of halogens is 2. The standard InChI is InChI=1S/C39H38F2N6O7/c1-25(27-3-7-29(8-4-27)42-15-19-44(20-16-42)38(49)33-23-31(46(51)52)11-13-35(33)40)37(48)26(2)28-5-9-30(10-6-28)43-17-21-45(22-18-43)39(50)34-24-32(47(53)54)12-14-36(34)41/h3-14,23-26H,15-22H2,1-2H3. The van der Waals surface area contributed by atoms with E-state index in [1.165, 1.54) is 9.80 Å². The molecule has 0 spiro atoms. The lowest BCUT2D eigenvalue weighted by molar-refractivity contribution is -0.385. The second-order valence-corrected chi connectivity index (χ2v) is 13.4. The van der Waals surface area contributed by atoms with Crippen LogP contribution in [-0.2, 0) is 4.79 Å². The van der Waals surface area contributed by atoms with Crippen molar-refractivity contribution < 1.29 is 33.0 Å². The van der Waals surface area contributed by atoms with Gasteiger partial charge >= 0.3 is 0 Å². The van der Waals surface area contributed by atoms with Gasteiger partial charge in [0.05, 0.1) is 21.0 Å². The van der Waals surface area contributed by atoms with E-state index < -0.39 is 33.3 Å². The lowest BCUT2D eigenvalue weighted by atomic mass is 9.85. The smallest absolute Gasteiger partial charge is 0.270 e. The Morgan fingerprint density at radius 2 is 0.889 bits per heavy atom. The largest absolute Gasteiger partial charge is 0.368 e. The second-order valence-electron chi connectivity index (χ2n) is 13.4. The van der Waals surface area contributed by atoms with Gasteiger partial charge in [-0.05, 0) is 47.5 Å². The molecule has 2 heterocycles. The summed E-state index contributed by atoms with van der Waals surface area (Å²) in [5.74, 6) is -3.49. The molecule has 2 aliphatic rings. The average molecular weight is 741 g/mol. The zero-order valence-electron chi connectivity index (χ0n) is 29.7. The molecule has 2 aliphatic heterocycles. The van der Waals surface area contributed by atoms with Gasteiger partial charge in [-0.3, -0.25) is 34.6 Å². The molecule has 2 saturated heterocycles. The molecule has 6 rings (SSSR count). The summed E-state index contributed by atoms with van der Waals surface area (Å²) in [6.45, 7) is 6.94. The fourth-order valence-electron chi connectivity index (χ4n) is 6.91. The average Bonchev–Trinajstić information content (AvgIpc) is 3.20. The second kappa shape index (κ2) is 15.8. The van der Waals surface area contributed by atoms with Crippen LogP contribution >= 0.6 is 0 Å². The van der Waals surface area contributed by atoms with E-state index in [-0.39, 0.29) is 40.1 Å². The number of ketones is 1. The van der Waals surface area contributed by atoms with Gasteiger partial charge in [-0.15, -0.1) is 0 Å². The summed E-state index contributed by atoms with van der Waals surface area (Å²) >= 11 is 0. The topological polar surface area (TPSA) is 150 Å². The summed E-state index contributed by atoms with van der Waals surface area (Å²) in [5.41, 5.74) is 2.21. The number of carbonyl (C=O) groups excluding carboxylic acids is 3. The van der Waals surface area contributed by atoms with Crippen molar-refractivity contribution in [2.75, 3.05) is 62.2 Å². The number of nitro groups is 2. The third kappa shape index (κ3) is 7.89. The number of nitrogens with zero attached hydrogens (tertiary/aromatic N) is 6. The number of hydrogen-bond acceptors (Lipinski definition) is 9. The minimum Gasteiger partial charge on any atom is -0.368 e. The maximum atomic E-state index is 14.3. The molecule has 0 aliphatic carbocycles. The van der Waals surface area contributed by atoms with Crippen molar-refractivity contribution in [2.24, 2.45) is 0 Å². The van der Waals surface area contributed by atoms with Crippen molar-refractivity contribution in [3.63, 3.8) is 0 Å². The van der Waals surface area contributed by atoms with E-state index in [4.69, 9.17) is 0 Å². The number of nitro benzene ring substituents is 2. The number of Topliss-reactive ketones (excluding diaryl/α,β-unsaturated/α-hetero) is 1. The Hall–Kier alpha value is -6.25. The van der Waals surface area contributed by atoms with Crippen LogP contribution in [0.25, 0.3) is 0 Å². The first-order valence-electron chi connectivity index (χ1n) is 17.5. The summed E-state index contributed by atoms with van der Waals surface area (Å²) in [6, 6.07) is 21.3. The van der Waals surface area contributed by atoms with E-state index in [1.807, 2.05) is 62.4 Å². The van der Waals surface area contributed by atoms with Gasteiger partial charge in [0.1, 0.15) is 17.4 Å². The number of rotatable bonds is 10. The number of piperazine rings is 2. The SMILES string of the molecule is CC(C(=O)C(C)c1ccc(N2CCN(C(=O)c3cc([N+](=O)[O-])ccc3F)CC2)cc1)c1ccc(N2CCN(C(=O)c3cc([N+](=O)[O-])ccc3F)CC2)cc1. The normalized spacial score (nSPS) is 15.8. The first-order valence-corrected chi connectivity index (χ1v) is 17.5. The maximum Gasteiger partial charge on any atom is 0.270 e. The zero-order valence-corrected chi connectivity index (χ0v) is 29.7. The molecular formula is C39H38F2N6O7. The van der Waals surface area contributed by atoms with Gasteiger partial charge in [0.25, 0.3) is 23.2 Å². The predicted molar refractivity (Wildman–Crippen MR) is 197 cm³/mol. The van der Waals surface area contributed by atoms with Crippen LogP contribution in [0.5, 0.6) is 0 Å². The fourth-order valence-corrected chi connectivity index (χ4v) is 6.91. The van der Waals surface area contributed by atoms with Crippen molar-refractivity contribution >= 4 is 40.3 Å². The number of anilines is 2. The van der Waals surface area contributed by atoms with E-state index in [0.717, 1.165) is 58.9 Å². The fraction of sp³-hybridized carbons (Fsp3) is 0.308. The summed E-state index contributed by atoms with van der Waals surface area (Å²) in [5, 5.41) is 22.2. The van der Waals surface area contributed by atoms with E-state index in [2.05, 4.69) is 9.80 Å². The van der Waals surface area contributed by atoms with Gasteiger partial charge < -0.3 is 19.6 Å². The Labute approximate surface area is 309 Å². The van der Waals surface area contributed by atoms with Gasteiger partial charge in [-0.1, -0.05) is 38.1 Å². The Bertz CT molecular complexity index is 1930. The Morgan fingerprint density at radius 3 is 1.20 bits per heavy atom. The zero-order chi connectivity index (χ0) is 38.7.